The maximum absolute atomic E-state index is 6.36. The molecule has 2 unspecified atom stereocenters. The summed E-state index contributed by atoms with van der Waals surface area (Å²) in [5, 5.41) is 0.741. The van der Waals surface area contributed by atoms with E-state index in [1.165, 1.54) is 25.8 Å². The van der Waals surface area contributed by atoms with E-state index >= 15 is 0 Å². The van der Waals surface area contributed by atoms with Gasteiger partial charge in [0.15, 0.2) is 0 Å². The van der Waals surface area contributed by atoms with E-state index in [1.807, 2.05) is 12.3 Å². The van der Waals surface area contributed by atoms with Crippen molar-refractivity contribution >= 4 is 33.3 Å². The summed E-state index contributed by atoms with van der Waals surface area (Å²) in [6.07, 6.45) is 5.84. The van der Waals surface area contributed by atoms with Crippen molar-refractivity contribution < 1.29 is 0 Å². The molecule has 1 aromatic rings. The molecule has 0 amide bonds. The Labute approximate surface area is 128 Å². The Morgan fingerprint density at radius 1 is 1.37 bits per heavy atom. The molecule has 0 spiro atoms. The first kappa shape index (κ1) is 13.7. The molecule has 3 heterocycles. The van der Waals surface area contributed by atoms with Crippen molar-refractivity contribution in [2.45, 2.75) is 38.3 Å². The van der Waals surface area contributed by atoms with Gasteiger partial charge < -0.3 is 4.90 Å². The standard InChI is InChI=1S/C14H19BrClN3/c1-10-8-18-5-3-2-4-12(18)9-19(10)14-13(16)6-11(15)7-17-14/h6-7,10,12H,2-5,8-9H2,1H3. The molecule has 0 aliphatic carbocycles. The summed E-state index contributed by atoms with van der Waals surface area (Å²) >= 11 is 9.77. The molecular weight excluding hydrogens is 326 g/mol. The van der Waals surface area contributed by atoms with Crippen LogP contribution in [0.15, 0.2) is 16.7 Å². The predicted octanol–water partition coefficient (Wildman–Crippen LogP) is 3.56. The maximum atomic E-state index is 6.36. The van der Waals surface area contributed by atoms with E-state index < -0.39 is 0 Å². The molecule has 104 valence electrons. The lowest BCUT2D eigenvalue weighted by Gasteiger charge is -2.48. The van der Waals surface area contributed by atoms with Crippen molar-refractivity contribution in [1.82, 2.24) is 9.88 Å². The van der Waals surface area contributed by atoms with Gasteiger partial charge in [-0.3, -0.25) is 4.90 Å². The zero-order valence-corrected chi connectivity index (χ0v) is 13.5. The second-order valence-corrected chi connectivity index (χ2v) is 6.93. The van der Waals surface area contributed by atoms with Gasteiger partial charge in [-0.2, -0.15) is 0 Å². The molecule has 3 rings (SSSR count). The van der Waals surface area contributed by atoms with Crippen LogP contribution in [0.1, 0.15) is 26.2 Å². The summed E-state index contributed by atoms with van der Waals surface area (Å²) in [7, 11) is 0. The Kier molecular flexibility index (Phi) is 4.01. The van der Waals surface area contributed by atoms with E-state index in [9.17, 15) is 0 Å². The van der Waals surface area contributed by atoms with Crippen molar-refractivity contribution in [3.8, 4) is 0 Å². The van der Waals surface area contributed by atoms with Crippen LogP contribution in [0.4, 0.5) is 5.82 Å². The van der Waals surface area contributed by atoms with Gasteiger partial charge in [-0.05, 0) is 48.3 Å². The number of nitrogens with zero attached hydrogens (tertiary/aromatic N) is 3. The first-order valence-electron chi connectivity index (χ1n) is 6.97. The van der Waals surface area contributed by atoms with Gasteiger partial charge in [-0.25, -0.2) is 4.98 Å². The van der Waals surface area contributed by atoms with E-state index in [1.54, 1.807) is 0 Å². The van der Waals surface area contributed by atoms with Gasteiger partial charge in [0.05, 0.1) is 5.02 Å². The lowest BCUT2D eigenvalue weighted by atomic mass is 9.97. The molecule has 3 nitrogen and oxygen atoms in total. The SMILES string of the molecule is CC1CN2CCCCC2CN1c1ncc(Br)cc1Cl. The van der Waals surface area contributed by atoms with Crippen molar-refractivity contribution in [2.24, 2.45) is 0 Å². The maximum Gasteiger partial charge on any atom is 0.147 e. The average molecular weight is 345 g/mol. The fraction of sp³-hybridized carbons (Fsp3) is 0.643. The fourth-order valence-electron chi connectivity index (χ4n) is 3.27. The molecule has 2 aliphatic heterocycles. The van der Waals surface area contributed by atoms with Crippen LogP contribution in [0.5, 0.6) is 0 Å². The Morgan fingerprint density at radius 3 is 3.00 bits per heavy atom. The van der Waals surface area contributed by atoms with E-state index in [0.717, 1.165) is 28.4 Å². The Bertz CT molecular complexity index is 468. The molecule has 1 aromatic heterocycles. The van der Waals surface area contributed by atoms with Crippen LogP contribution in [0, 0.1) is 0 Å². The van der Waals surface area contributed by atoms with Crippen molar-refractivity contribution in [1.29, 1.82) is 0 Å². The number of hydrogen-bond donors (Lipinski definition) is 0. The van der Waals surface area contributed by atoms with Crippen LogP contribution in [-0.4, -0.2) is 41.6 Å². The molecule has 0 saturated carbocycles. The van der Waals surface area contributed by atoms with E-state index in [-0.39, 0.29) is 0 Å². The largest absolute Gasteiger partial charge is 0.350 e. The van der Waals surface area contributed by atoms with Crippen LogP contribution in [0.3, 0.4) is 0 Å². The third-order valence-corrected chi connectivity index (χ3v) is 4.96. The number of pyridine rings is 1. The summed E-state index contributed by atoms with van der Waals surface area (Å²) in [5.41, 5.74) is 0. The number of halogens is 2. The number of aromatic nitrogens is 1. The minimum absolute atomic E-state index is 0.473. The molecule has 2 atom stereocenters. The van der Waals surface area contributed by atoms with E-state index in [4.69, 9.17) is 11.6 Å². The first-order chi connectivity index (χ1) is 9.15. The minimum atomic E-state index is 0.473. The Balaban J connectivity index is 1.83. The quantitative estimate of drug-likeness (QED) is 0.776. The number of rotatable bonds is 1. The van der Waals surface area contributed by atoms with Gasteiger partial charge in [-0.1, -0.05) is 18.0 Å². The van der Waals surface area contributed by atoms with Gasteiger partial charge in [0, 0.05) is 35.8 Å². The zero-order valence-electron chi connectivity index (χ0n) is 11.1. The number of hydrogen-bond acceptors (Lipinski definition) is 3. The Hall–Kier alpha value is -0.320. The van der Waals surface area contributed by atoms with E-state index in [0.29, 0.717) is 12.1 Å². The highest BCUT2D eigenvalue weighted by molar-refractivity contribution is 9.10. The lowest BCUT2D eigenvalue weighted by Crippen LogP contribution is -2.59. The van der Waals surface area contributed by atoms with Crippen LogP contribution in [0.25, 0.3) is 0 Å². The lowest BCUT2D eigenvalue weighted by molar-refractivity contribution is 0.115. The predicted molar refractivity (Wildman–Crippen MR) is 83.0 cm³/mol. The molecule has 5 heteroatoms. The van der Waals surface area contributed by atoms with Crippen molar-refractivity contribution in [3.63, 3.8) is 0 Å². The highest BCUT2D eigenvalue weighted by Gasteiger charge is 2.34. The monoisotopic (exact) mass is 343 g/mol. The van der Waals surface area contributed by atoms with Crippen molar-refractivity contribution in [2.75, 3.05) is 24.5 Å². The second kappa shape index (κ2) is 5.58. The molecule has 19 heavy (non-hydrogen) atoms. The second-order valence-electron chi connectivity index (χ2n) is 5.60. The van der Waals surface area contributed by atoms with Gasteiger partial charge in [0.1, 0.15) is 5.82 Å². The summed E-state index contributed by atoms with van der Waals surface area (Å²) in [4.78, 5) is 9.53. The third-order valence-electron chi connectivity index (χ3n) is 4.25. The summed E-state index contributed by atoms with van der Waals surface area (Å²) in [6.45, 7) is 5.70. The average Bonchev–Trinajstić information content (AvgIpc) is 2.38. The molecule has 2 saturated heterocycles. The third kappa shape index (κ3) is 2.76. The van der Waals surface area contributed by atoms with Gasteiger partial charge in [-0.15, -0.1) is 0 Å². The van der Waals surface area contributed by atoms with Gasteiger partial charge in [0.2, 0.25) is 0 Å². The molecule has 2 aliphatic rings. The molecular formula is C14H19BrClN3. The summed E-state index contributed by atoms with van der Waals surface area (Å²) < 4.78 is 0.935. The van der Waals surface area contributed by atoms with Crippen LogP contribution >= 0.6 is 27.5 Å². The minimum Gasteiger partial charge on any atom is -0.350 e. The molecule has 0 aromatic carbocycles. The van der Waals surface area contributed by atoms with Crippen molar-refractivity contribution in [3.05, 3.63) is 21.8 Å². The van der Waals surface area contributed by atoms with Crippen LogP contribution in [0.2, 0.25) is 5.02 Å². The molecule has 2 fully saturated rings. The number of fused-ring (bicyclic) bond motifs is 1. The number of piperidine rings is 1. The first-order valence-corrected chi connectivity index (χ1v) is 8.14. The topological polar surface area (TPSA) is 19.4 Å². The molecule has 0 N–H and O–H groups in total. The zero-order chi connectivity index (χ0) is 13.4. The molecule has 0 radical (unpaired) electrons. The highest BCUT2D eigenvalue weighted by atomic mass is 79.9. The van der Waals surface area contributed by atoms with Gasteiger partial charge >= 0.3 is 0 Å². The Morgan fingerprint density at radius 2 is 2.21 bits per heavy atom. The summed E-state index contributed by atoms with van der Waals surface area (Å²) in [5.74, 6) is 0.933. The number of piperazine rings is 1. The van der Waals surface area contributed by atoms with Gasteiger partial charge in [0.25, 0.3) is 0 Å². The van der Waals surface area contributed by atoms with Crippen LogP contribution < -0.4 is 4.90 Å². The number of anilines is 1. The van der Waals surface area contributed by atoms with Crippen LogP contribution in [-0.2, 0) is 0 Å². The fourth-order valence-corrected chi connectivity index (χ4v) is 4.00. The normalized spacial score (nSPS) is 28.3. The smallest absolute Gasteiger partial charge is 0.147 e. The highest BCUT2D eigenvalue weighted by Crippen LogP contribution is 2.32. The summed E-state index contributed by atoms with van der Waals surface area (Å²) in [6, 6.07) is 3.08. The van der Waals surface area contributed by atoms with E-state index in [2.05, 4.69) is 37.6 Å². The molecule has 0 bridgehead atoms.